The molecule has 2 N–H and O–H groups in total. The van der Waals surface area contributed by atoms with E-state index in [1.165, 1.54) is 0 Å². The zero-order valence-electron chi connectivity index (χ0n) is 7.29. The molecule has 68 valence electrons. The highest BCUT2D eigenvalue weighted by atomic mass is 79.9. The van der Waals surface area contributed by atoms with E-state index in [0.29, 0.717) is 0 Å². The average molecular weight is 240 g/mol. The van der Waals surface area contributed by atoms with Gasteiger partial charge < -0.3 is 5.73 Å². The molecule has 0 spiro atoms. The quantitative estimate of drug-likeness (QED) is 0.594. The van der Waals surface area contributed by atoms with E-state index in [2.05, 4.69) is 32.6 Å². The van der Waals surface area contributed by atoms with Gasteiger partial charge in [-0.05, 0) is 37.4 Å². The van der Waals surface area contributed by atoms with Crippen LogP contribution in [0.4, 0.5) is 5.69 Å². The SMILES string of the molecule is C=NC(N)=Nc1ccc(Br)cc1C. The summed E-state index contributed by atoms with van der Waals surface area (Å²) in [5, 5.41) is 0. The number of aryl methyl sites for hydroxylation is 1. The number of nitrogens with zero attached hydrogens (tertiary/aromatic N) is 2. The van der Waals surface area contributed by atoms with Crippen molar-refractivity contribution in [3.8, 4) is 0 Å². The minimum atomic E-state index is 0.186. The van der Waals surface area contributed by atoms with Crippen molar-refractivity contribution in [2.45, 2.75) is 6.92 Å². The van der Waals surface area contributed by atoms with Crippen LogP contribution in [0.15, 0.2) is 32.7 Å². The van der Waals surface area contributed by atoms with Crippen LogP contribution >= 0.6 is 15.9 Å². The van der Waals surface area contributed by atoms with Crippen LogP contribution < -0.4 is 5.73 Å². The van der Waals surface area contributed by atoms with E-state index in [0.717, 1.165) is 15.7 Å². The maximum absolute atomic E-state index is 5.42. The fourth-order valence-electron chi connectivity index (χ4n) is 0.903. The molecule has 0 aliphatic carbocycles. The minimum absolute atomic E-state index is 0.186. The Hall–Kier alpha value is -1.16. The molecule has 0 saturated carbocycles. The number of halogens is 1. The van der Waals surface area contributed by atoms with Gasteiger partial charge in [-0.3, -0.25) is 0 Å². The van der Waals surface area contributed by atoms with Crippen molar-refractivity contribution in [1.82, 2.24) is 0 Å². The van der Waals surface area contributed by atoms with E-state index in [1.807, 2.05) is 25.1 Å². The molecule has 0 aromatic heterocycles. The number of rotatable bonds is 1. The van der Waals surface area contributed by atoms with Gasteiger partial charge in [0.1, 0.15) is 0 Å². The Morgan fingerprint density at radius 2 is 2.23 bits per heavy atom. The molecule has 0 bridgehead atoms. The van der Waals surface area contributed by atoms with Gasteiger partial charge in [-0.2, -0.15) is 0 Å². The van der Waals surface area contributed by atoms with Crippen LogP contribution in [0, 0.1) is 6.92 Å². The summed E-state index contributed by atoms with van der Waals surface area (Å²) in [5.74, 6) is 0.186. The highest BCUT2D eigenvalue weighted by Gasteiger charge is 1.97. The van der Waals surface area contributed by atoms with Crippen molar-refractivity contribution in [2.24, 2.45) is 15.7 Å². The molecule has 0 radical (unpaired) electrons. The molecule has 0 atom stereocenters. The van der Waals surface area contributed by atoms with Gasteiger partial charge in [0.05, 0.1) is 5.69 Å². The normalized spacial score (nSPS) is 11.4. The summed E-state index contributed by atoms with van der Waals surface area (Å²) in [5.41, 5.74) is 7.28. The van der Waals surface area contributed by atoms with E-state index < -0.39 is 0 Å². The Labute approximate surface area is 85.5 Å². The maximum atomic E-state index is 5.42. The number of guanidine groups is 1. The average Bonchev–Trinajstić information content (AvgIpc) is 2.09. The first kappa shape index (κ1) is 9.92. The van der Waals surface area contributed by atoms with Crippen molar-refractivity contribution in [1.29, 1.82) is 0 Å². The second-order valence-electron chi connectivity index (χ2n) is 2.56. The number of hydrogen-bond acceptors (Lipinski definition) is 1. The van der Waals surface area contributed by atoms with Crippen LogP contribution in [0.5, 0.6) is 0 Å². The Bertz CT molecular complexity index is 358. The molecular formula is C9H10BrN3. The third-order valence-corrected chi connectivity index (χ3v) is 2.05. The molecule has 13 heavy (non-hydrogen) atoms. The minimum Gasteiger partial charge on any atom is -0.368 e. The molecule has 1 aromatic rings. The molecule has 4 heteroatoms. The van der Waals surface area contributed by atoms with Crippen LogP contribution in [0.25, 0.3) is 0 Å². The standard InChI is InChI=1S/C9H10BrN3/c1-6-5-7(10)3-4-8(6)13-9(11)12-2/h3-5H,2H2,1H3,(H2,11,13). The van der Waals surface area contributed by atoms with Crippen LogP contribution in [0.2, 0.25) is 0 Å². The third-order valence-electron chi connectivity index (χ3n) is 1.56. The summed E-state index contributed by atoms with van der Waals surface area (Å²) in [7, 11) is 0. The Morgan fingerprint density at radius 3 is 2.77 bits per heavy atom. The summed E-state index contributed by atoms with van der Waals surface area (Å²) in [4.78, 5) is 7.58. The molecule has 0 unspecified atom stereocenters. The smallest absolute Gasteiger partial charge is 0.219 e. The zero-order chi connectivity index (χ0) is 9.84. The first-order chi connectivity index (χ1) is 6.13. The lowest BCUT2D eigenvalue weighted by atomic mass is 10.2. The molecular weight excluding hydrogens is 230 g/mol. The predicted octanol–water partition coefficient (Wildman–Crippen LogP) is 2.40. The van der Waals surface area contributed by atoms with Crippen molar-refractivity contribution in [3.05, 3.63) is 28.2 Å². The fourth-order valence-corrected chi connectivity index (χ4v) is 1.38. The van der Waals surface area contributed by atoms with Gasteiger partial charge in [-0.1, -0.05) is 15.9 Å². The van der Waals surface area contributed by atoms with Gasteiger partial charge in [0.2, 0.25) is 5.96 Å². The fraction of sp³-hybridized carbons (Fsp3) is 0.111. The topological polar surface area (TPSA) is 50.7 Å². The zero-order valence-corrected chi connectivity index (χ0v) is 8.87. The third kappa shape index (κ3) is 2.66. The van der Waals surface area contributed by atoms with Crippen LogP contribution in [0.3, 0.4) is 0 Å². The van der Waals surface area contributed by atoms with E-state index in [9.17, 15) is 0 Å². The van der Waals surface area contributed by atoms with E-state index in [1.54, 1.807) is 0 Å². The van der Waals surface area contributed by atoms with Gasteiger partial charge in [0.25, 0.3) is 0 Å². The van der Waals surface area contributed by atoms with Crippen molar-refractivity contribution >= 4 is 34.3 Å². The largest absolute Gasteiger partial charge is 0.368 e. The Morgan fingerprint density at radius 1 is 1.54 bits per heavy atom. The number of aliphatic imine (C=N–C) groups is 2. The van der Waals surface area contributed by atoms with Crippen LogP contribution in [-0.2, 0) is 0 Å². The van der Waals surface area contributed by atoms with E-state index in [4.69, 9.17) is 5.73 Å². The lowest BCUT2D eigenvalue weighted by molar-refractivity contribution is 1.35. The summed E-state index contributed by atoms with van der Waals surface area (Å²) < 4.78 is 1.02. The highest BCUT2D eigenvalue weighted by molar-refractivity contribution is 9.10. The maximum Gasteiger partial charge on any atom is 0.219 e. The first-order valence-electron chi connectivity index (χ1n) is 3.70. The molecule has 0 aliphatic rings. The number of hydrogen-bond donors (Lipinski definition) is 1. The molecule has 0 heterocycles. The summed E-state index contributed by atoms with van der Waals surface area (Å²) in [6.45, 7) is 5.25. The summed E-state index contributed by atoms with van der Waals surface area (Å²) in [6, 6.07) is 5.74. The lowest BCUT2D eigenvalue weighted by Crippen LogP contribution is -2.06. The van der Waals surface area contributed by atoms with Gasteiger partial charge in [0.15, 0.2) is 0 Å². The van der Waals surface area contributed by atoms with Gasteiger partial charge >= 0.3 is 0 Å². The number of nitrogens with two attached hydrogens (primary N) is 1. The monoisotopic (exact) mass is 239 g/mol. The summed E-state index contributed by atoms with van der Waals surface area (Å²) >= 11 is 3.36. The number of benzene rings is 1. The van der Waals surface area contributed by atoms with Crippen molar-refractivity contribution in [2.75, 3.05) is 0 Å². The van der Waals surface area contributed by atoms with Gasteiger partial charge in [-0.25, -0.2) is 9.98 Å². The Balaban J connectivity index is 3.09. The molecule has 0 aliphatic heterocycles. The highest BCUT2D eigenvalue weighted by Crippen LogP contribution is 2.22. The van der Waals surface area contributed by atoms with Crippen LogP contribution in [0.1, 0.15) is 5.56 Å². The van der Waals surface area contributed by atoms with Crippen molar-refractivity contribution in [3.63, 3.8) is 0 Å². The second kappa shape index (κ2) is 4.18. The predicted molar refractivity (Wildman–Crippen MR) is 59.7 cm³/mol. The molecule has 0 fully saturated rings. The van der Waals surface area contributed by atoms with Gasteiger partial charge in [0, 0.05) is 4.47 Å². The molecule has 3 nitrogen and oxygen atoms in total. The molecule has 1 aromatic carbocycles. The van der Waals surface area contributed by atoms with Gasteiger partial charge in [-0.15, -0.1) is 0 Å². The molecule has 1 rings (SSSR count). The van der Waals surface area contributed by atoms with Crippen molar-refractivity contribution < 1.29 is 0 Å². The Kier molecular flexibility index (Phi) is 3.19. The summed E-state index contributed by atoms with van der Waals surface area (Å²) in [6.07, 6.45) is 0. The van der Waals surface area contributed by atoms with Crippen LogP contribution in [-0.4, -0.2) is 12.7 Å². The first-order valence-corrected chi connectivity index (χ1v) is 4.50. The molecule has 0 saturated heterocycles. The molecule has 0 amide bonds. The van der Waals surface area contributed by atoms with E-state index in [-0.39, 0.29) is 5.96 Å². The second-order valence-corrected chi connectivity index (χ2v) is 3.47. The van der Waals surface area contributed by atoms with E-state index >= 15 is 0 Å². The lowest BCUT2D eigenvalue weighted by Gasteiger charge is -2.00.